The van der Waals surface area contributed by atoms with Crippen LogP contribution in [0, 0.1) is 6.92 Å². The first-order valence-corrected chi connectivity index (χ1v) is 8.56. The van der Waals surface area contributed by atoms with E-state index in [1.165, 1.54) is 7.11 Å². The standard InChI is InChI=1S/C21H19ClO4/c1-14-10-15(13-23)8-9-18(14)20(19(25)11-17(24)12-22)21(26-2)16-6-4-3-5-7-16/h3-10,13H,11-12H2,1-2H3/b21-20+. The Morgan fingerprint density at radius 1 is 1.12 bits per heavy atom. The lowest BCUT2D eigenvalue weighted by Crippen LogP contribution is -2.13. The summed E-state index contributed by atoms with van der Waals surface area (Å²) in [4.78, 5) is 35.6. The number of benzene rings is 2. The van der Waals surface area contributed by atoms with Crippen molar-refractivity contribution in [2.45, 2.75) is 13.3 Å². The van der Waals surface area contributed by atoms with Crippen LogP contribution in [0.2, 0.25) is 0 Å². The molecule has 134 valence electrons. The first kappa shape index (κ1) is 19.6. The van der Waals surface area contributed by atoms with E-state index in [1.54, 1.807) is 25.1 Å². The molecule has 0 unspecified atom stereocenters. The molecule has 0 aromatic heterocycles. The van der Waals surface area contributed by atoms with Crippen LogP contribution < -0.4 is 0 Å². The van der Waals surface area contributed by atoms with Gasteiger partial charge in [-0.3, -0.25) is 14.4 Å². The molecule has 0 bridgehead atoms. The van der Waals surface area contributed by atoms with Gasteiger partial charge in [-0.15, -0.1) is 11.6 Å². The summed E-state index contributed by atoms with van der Waals surface area (Å²) in [5, 5.41) is 0. The minimum Gasteiger partial charge on any atom is -0.495 e. The van der Waals surface area contributed by atoms with Crippen LogP contribution in [0.15, 0.2) is 48.5 Å². The topological polar surface area (TPSA) is 60.4 Å². The molecule has 0 aliphatic heterocycles. The molecule has 0 saturated heterocycles. The summed E-state index contributed by atoms with van der Waals surface area (Å²) in [5.74, 6) is -0.589. The quantitative estimate of drug-likeness (QED) is 0.175. The minimum atomic E-state index is -0.377. The molecular weight excluding hydrogens is 352 g/mol. The number of rotatable bonds is 8. The maximum Gasteiger partial charge on any atom is 0.174 e. The van der Waals surface area contributed by atoms with Crippen LogP contribution in [-0.2, 0) is 14.3 Å². The molecule has 4 nitrogen and oxygen atoms in total. The van der Waals surface area contributed by atoms with E-state index in [1.807, 2.05) is 30.3 Å². The average Bonchev–Trinajstić information content (AvgIpc) is 2.66. The number of methoxy groups -OCH3 is 1. The van der Waals surface area contributed by atoms with Crippen molar-refractivity contribution >= 4 is 40.8 Å². The Balaban J connectivity index is 2.69. The fourth-order valence-electron chi connectivity index (χ4n) is 2.71. The van der Waals surface area contributed by atoms with Crippen LogP contribution in [-0.4, -0.2) is 30.8 Å². The van der Waals surface area contributed by atoms with Gasteiger partial charge in [-0.05, 0) is 24.1 Å². The molecule has 0 N–H and O–H groups in total. The molecule has 0 spiro atoms. The number of allylic oxidation sites excluding steroid dienone is 1. The SMILES string of the molecule is CO/C(=C(/C(=O)CC(=O)CCl)c1ccc(C=O)cc1C)c1ccccc1. The molecule has 0 aliphatic rings. The van der Waals surface area contributed by atoms with Gasteiger partial charge in [0.1, 0.15) is 12.0 Å². The molecular formula is C21H19ClO4. The monoisotopic (exact) mass is 370 g/mol. The van der Waals surface area contributed by atoms with Crippen molar-refractivity contribution in [2.24, 2.45) is 0 Å². The number of halogens is 1. The molecule has 0 aliphatic carbocycles. The predicted molar refractivity (Wildman–Crippen MR) is 102 cm³/mol. The van der Waals surface area contributed by atoms with Crippen molar-refractivity contribution < 1.29 is 19.1 Å². The maximum atomic E-state index is 12.9. The van der Waals surface area contributed by atoms with Gasteiger partial charge < -0.3 is 4.74 Å². The van der Waals surface area contributed by atoms with Crippen LogP contribution in [0.4, 0.5) is 0 Å². The number of aldehydes is 1. The lowest BCUT2D eigenvalue weighted by atomic mass is 9.91. The van der Waals surface area contributed by atoms with E-state index in [4.69, 9.17) is 16.3 Å². The van der Waals surface area contributed by atoms with Crippen molar-refractivity contribution in [1.82, 2.24) is 0 Å². The Labute approximate surface area is 157 Å². The zero-order valence-electron chi connectivity index (χ0n) is 14.6. The second kappa shape index (κ2) is 9.11. The molecule has 0 radical (unpaired) electrons. The van der Waals surface area contributed by atoms with Gasteiger partial charge in [0, 0.05) is 11.1 Å². The average molecular weight is 371 g/mol. The lowest BCUT2D eigenvalue weighted by Gasteiger charge is -2.16. The molecule has 26 heavy (non-hydrogen) atoms. The molecule has 0 heterocycles. The summed E-state index contributed by atoms with van der Waals surface area (Å²) in [5.41, 5.74) is 2.88. The lowest BCUT2D eigenvalue weighted by molar-refractivity contribution is -0.122. The van der Waals surface area contributed by atoms with Crippen LogP contribution in [0.25, 0.3) is 11.3 Å². The normalized spacial score (nSPS) is 11.5. The van der Waals surface area contributed by atoms with Gasteiger partial charge in [0.15, 0.2) is 11.6 Å². The van der Waals surface area contributed by atoms with Gasteiger partial charge in [0.25, 0.3) is 0 Å². The van der Waals surface area contributed by atoms with Gasteiger partial charge in [-0.1, -0.05) is 42.5 Å². The van der Waals surface area contributed by atoms with Crippen LogP contribution in [0.1, 0.15) is 33.5 Å². The second-order valence-corrected chi connectivity index (χ2v) is 6.01. The number of aryl methyl sites for hydroxylation is 1. The predicted octanol–water partition coefficient (Wildman–Crippen LogP) is 4.09. The number of hydrogen-bond donors (Lipinski definition) is 0. The zero-order chi connectivity index (χ0) is 19.1. The van der Waals surface area contributed by atoms with Crippen molar-refractivity contribution in [3.8, 4) is 0 Å². The van der Waals surface area contributed by atoms with Crippen molar-refractivity contribution in [1.29, 1.82) is 0 Å². The molecule has 2 rings (SSSR count). The number of ketones is 2. The van der Waals surface area contributed by atoms with Crippen LogP contribution >= 0.6 is 11.6 Å². The minimum absolute atomic E-state index is 0.226. The summed E-state index contributed by atoms with van der Waals surface area (Å²) < 4.78 is 5.55. The van der Waals surface area contributed by atoms with E-state index in [9.17, 15) is 14.4 Å². The summed E-state index contributed by atoms with van der Waals surface area (Å²) in [6, 6.07) is 14.2. The summed E-state index contributed by atoms with van der Waals surface area (Å²) in [6.45, 7) is 1.80. The van der Waals surface area contributed by atoms with E-state index in [0.717, 1.165) is 17.4 Å². The Morgan fingerprint density at radius 2 is 1.81 bits per heavy atom. The Morgan fingerprint density at radius 3 is 2.35 bits per heavy atom. The first-order valence-electron chi connectivity index (χ1n) is 8.02. The third kappa shape index (κ3) is 4.46. The van der Waals surface area contributed by atoms with Crippen molar-refractivity contribution in [3.05, 3.63) is 70.8 Å². The fraction of sp³-hybridized carbons (Fsp3) is 0.190. The van der Waals surface area contributed by atoms with Crippen LogP contribution in [0.3, 0.4) is 0 Å². The third-order valence-electron chi connectivity index (χ3n) is 3.91. The highest BCUT2D eigenvalue weighted by Gasteiger charge is 2.23. The van der Waals surface area contributed by atoms with E-state index >= 15 is 0 Å². The fourth-order valence-corrected chi connectivity index (χ4v) is 2.80. The number of Topliss-reactive ketones (excluding diaryl/α,β-unsaturated/α-hetero) is 2. The van der Waals surface area contributed by atoms with Crippen molar-refractivity contribution in [3.63, 3.8) is 0 Å². The smallest absolute Gasteiger partial charge is 0.174 e. The van der Waals surface area contributed by atoms with E-state index in [0.29, 0.717) is 22.5 Å². The van der Waals surface area contributed by atoms with E-state index in [-0.39, 0.29) is 23.9 Å². The number of carbonyl (C=O) groups is 3. The van der Waals surface area contributed by atoms with Gasteiger partial charge in [-0.2, -0.15) is 0 Å². The zero-order valence-corrected chi connectivity index (χ0v) is 15.4. The van der Waals surface area contributed by atoms with Crippen LogP contribution in [0.5, 0.6) is 0 Å². The van der Waals surface area contributed by atoms with E-state index < -0.39 is 0 Å². The Hall–Kier alpha value is -2.72. The summed E-state index contributed by atoms with van der Waals surface area (Å²) in [6.07, 6.45) is 0.431. The second-order valence-electron chi connectivity index (χ2n) is 5.74. The van der Waals surface area contributed by atoms with Gasteiger partial charge >= 0.3 is 0 Å². The first-order chi connectivity index (χ1) is 12.5. The molecule has 2 aromatic rings. The number of ether oxygens (including phenoxy) is 1. The largest absolute Gasteiger partial charge is 0.495 e. The summed E-state index contributed by atoms with van der Waals surface area (Å²) in [7, 11) is 1.48. The number of carbonyl (C=O) groups excluding carboxylic acids is 3. The highest BCUT2D eigenvalue weighted by atomic mass is 35.5. The van der Waals surface area contributed by atoms with Gasteiger partial charge in [0.05, 0.1) is 25.0 Å². The summed E-state index contributed by atoms with van der Waals surface area (Å²) >= 11 is 5.56. The molecule has 0 fully saturated rings. The molecule has 2 aromatic carbocycles. The third-order valence-corrected chi connectivity index (χ3v) is 4.21. The number of hydrogen-bond acceptors (Lipinski definition) is 4. The molecule has 0 saturated carbocycles. The van der Waals surface area contributed by atoms with Gasteiger partial charge in [-0.25, -0.2) is 0 Å². The van der Waals surface area contributed by atoms with Gasteiger partial charge in [0.2, 0.25) is 0 Å². The highest BCUT2D eigenvalue weighted by molar-refractivity contribution is 6.35. The molecule has 5 heteroatoms. The van der Waals surface area contributed by atoms with Crippen molar-refractivity contribution in [2.75, 3.05) is 13.0 Å². The Kier molecular flexibility index (Phi) is 6.87. The molecule has 0 atom stereocenters. The highest BCUT2D eigenvalue weighted by Crippen LogP contribution is 2.31. The molecule has 0 amide bonds. The van der Waals surface area contributed by atoms with E-state index in [2.05, 4.69) is 0 Å². The maximum absolute atomic E-state index is 12.9. The number of alkyl halides is 1. The Bertz CT molecular complexity index is 854.